The molecule has 0 aliphatic carbocycles. The molecule has 0 aromatic heterocycles. The fraction of sp³-hybridized carbons (Fsp3) is 0.286. The summed E-state index contributed by atoms with van der Waals surface area (Å²) in [6, 6.07) is 0. The van der Waals surface area contributed by atoms with E-state index >= 15 is 0 Å². The highest BCUT2D eigenvalue weighted by Crippen LogP contribution is 2.14. The van der Waals surface area contributed by atoms with Crippen LogP contribution in [0.15, 0.2) is 27.3 Å². The summed E-state index contributed by atoms with van der Waals surface area (Å²) in [6.45, 7) is 1.79. The smallest absolute Gasteiger partial charge is 0.173 e. The maximum atomic E-state index is 5.71. The third kappa shape index (κ3) is 4.87. The van der Waals surface area contributed by atoms with E-state index in [4.69, 9.17) is 23.2 Å². The van der Waals surface area contributed by atoms with E-state index in [1.807, 2.05) is 0 Å². The molecule has 4 heteroatoms. The number of aliphatic imine (C=N–C) groups is 1. The first kappa shape index (κ1) is 10.5. The Kier molecular flexibility index (Phi) is 5.99. The number of halogens is 2. The van der Waals surface area contributed by atoms with Gasteiger partial charge in [0.1, 0.15) is 0 Å². The summed E-state index contributed by atoms with van der Waals surface area (Å²) in [6.07, 6.45) is 2.74. The molecule has 0 heterocycles. The van der Waals surface area contributed by atoms with E-state index in [0.29, 0.717) is 5.03 Å². The van der Waals surface area contributed by atoms with Gasteiger partial charge in [0.05, 0.1) is 12.1 Å². The van der Waals surface area contributed by atoms with Crippen molar-refractivity contribution in [3.8, 4) is 0 Å². The first-order valence-corrected chi connectivity index (χ1v) is 3.71. The molecule has 0 amide bonds. The van der Waals surface area contributed by atoms with Crippen LogP contribution in [0.2, 0.25) is 0 Å². The summed E-state index contributed by atoms with van der Waals surface area (Å²) in [4.78, 5) is 3.72. The molecule has 0 radical (unpaired) electrons. The Morgan fingerprint density at radius 3 is 2.64 bits per heavy atom. The Morgan fingerprint density at radius 1 is 1.55 bits per heavy atom. The monoisotopic (exact) mass is 193 g/mol. The van der Waals surface area contributed by atoms with Crippen molar-refractivity contribution in [3.05, 3.63) is 22.3 Å². The lowest BCUT2D eigenvalue weighted by Crippen LogP contribution is -1.76. The molecule has 0 rings (SSSR count). The zero-order valence-corrected chi connectivity index (χ0v) is 7.86. The standard InChI is InChI=1S/C7H9Cl2NO/c1-6(3-8)7(9)4-10-5-11-2/h3-5H,1-2H3/b6-3+,7-4+,10-5+. The summed E-state index contributed by atoms with van der Waals surface area (Å²) in [5.41, 5.74) is 2.16. The molecular weight excluding hydrogens is 185 g/mol. The predicted octanol–water partition coefficient (Wildman–Crippen LogP) is 2.88. The Morgan fingerprint density at radius 2 is 2.18 bits per heavy atom. The molecule has 62 valence electrons. The predicted molar refractivity (Wildman–Crippen MR) is 49.0 cm³/mol. The molecule has 0 aliphatic heterocycles. The highest BCUT2D eigenvalue weighted by molar-refractivity contribution is 6.33. The molecule has 0 saturated carbocycles. The number of hydrogen-bond acceptors (Lipinski definition) is 2. The molecule has 11 heavy (non-hydrogen) atoms. The van der Waals surface area contributed by atoms with Gasteiger partial charge in [-0.15, -0.1) is 0 Å². The normalized spacial score (nSPS) is 14.2. The van der Waals surface area contributed by atoms with E-state index in [1.165, 1.54) is 25.2 Å². The number of allylic oxidation sites excluding steroid dienone is 2. The molecule has 0 aromatic carbocycles. The van der Waals surface area contributed by atoms with Crippen molar-refractivity contribution in [3.63, 3.8) is 0 Å². The van der Waals surface area contributed by atoms with Crippen LogP contribution in [0.25, 0.3) is 0 Å². The lowest BCUT2D eigenvalue weighted by atomic mass is 10.3. The molecule has 0 spiro atoms. The highest BCUT2D eigenvalue weighted by atomic mass is 35.5. The van der Waals surface area contributed by atoms with Crippen molar-refractivity contribution in [1.82, 2.24) is 0 Å². The maximum absolute atomic E-state index is 5.71. The van der Waals surface area contributed by atoms with Gasteiger partial charge >= 0.3 is 0 Å². The minimum absolute atomic E-state index is 0.494. The van der Waals surface area contributed by atoms with Crippen molar-refractivity contribution in [2.75, 3.05) is 7.11 Å². The average molecular weight is 194 g/mol. The molecule has 0 fully saturated rings. The summed E-state index contributed by atoms with van der Waals surface area (Å²) >= 11 is 11.1. The maximum Gasteiger partial charge on any atom is 0.173 e. The molecule has 0 atom stereocenters. The van der Waals surface area contributed by atoms with Crippen LogP contribution in [0.1, 0.15) is 6.92 Å². The lowest BCUT2D eigenvalue weighted by Gasteiger charge is -1.92. The fourth-order valence-electron chi connectivity index (χ4n) is 0.311. The number of hydrogen-bond donors (Lipinski definition) is 0. The Balaban J connectivity index is 4.11. The fourth-order valence-corrected chi connectivity index (χ4v) is 0.595. The van der Waals surface area contributed by atoms with Crippen LogP contribution in [0, 0.1) is 0 Å². The molecule has 0 aliphatic rings. The zero-order chi connectivity index (χ0) is 8.69. The number of rotatable bonds is 3. The third-order valence-electron chi connectivity index (χ3n) is 0.895. The minimum Gasteiger partial charge on any atom is -0.486 e. The minimum atomic E-state index is 0.494. The van der Waals surface area contributed by atoms with Gasteiger partial charge in [0, 0.05) is 11.7 Å². The van der Waals surface area contributed by atoms with Crippen molar-refractivity contribution in [2.24, 2.45) is 4.99 Å². The summed E-state index contributed by atoms with van der Waals surface area (Å²) < 4.78 is 4.56. The van der Waals surface area contributed by atoms with Gasteiger partial charge in [0.25, 0.3) is 0 Å². The molecular formula is C7H9Cl2NO. The molecule has 0 saturated heterocycles. The van der Waals surface area contributed by atoms with Gasteiger partial charge < -0.3 is 4.74 Å². The van der Waals surface area contributed by atoms with Crippen molar-refractivity contribution < 1.29 is 4.74 Å². The summed E-state index contributed by atoms with van der Waals surface area (Å²) in [7, 11) is 1.51. The van der Waals surface area contributed by atoms with Crippen LogP contribution >= 0.6 is 23.2 Å². The average Bonchev–Trinajstić information content (AvgIpc) is 2.03. The van der Waals surface area contributed by atoms with E-state index in [9.17, 15) is 0 Å². The van der Waals surface area contributed by atoms with E-state index < -0.39 is 0 Å². The molecule has 0 bridgehead atoms. The number of nitrogens with zero attached hydrogens (tertiary/aromatic N) is 1. The van der Waals surface area contributed by atoms with E-state index in [-0.39, 0.29) is 0 Å². The van der Waals surface area contributed by atoms with Crippen LogP contribution in [-0.2, 0) is 4.74 Å². The van der Waals surface area contributed by atoms with E-state index in [2.05, 4.69) is 9.73 Å². The van der Waals surface area contributed by atoms with E-state index in [1.54, 1.807) is 6.92 Å². The van der Waals surface area contributed by atoms with Gasteiger partial charge in [-0.2, -0.15) is 0 Å². The van der Waals surface area contributed by atoms with Gasteiger partial charge in [-0.05, 0) is 12.5 Å². The van der Waals surface area contributed by atoms with Crippen molar-refractivity contribution >= 4 is 29.6 Å². The number of methoxy groups -OCH3 is 1. The van der Waals surface area contributed by atoms with Gasteiger partial charge in [-0.25, -0.2) is 4.99 Å². The van der Waals surface area contributed by atoms with Crippen LogP contribution in [0.4, 0.5) is 0 Å². The molecule has 0 N–H and O–H groups in total. The third-order valence-corrected chi connectivity index (χ3v) is 1.62. The van der Waals surface area contributed by atoms with Gasteiger partial charge in [0.2, 0.25) is 0 Å². The first-order chi connectivity index (χ1) is 5.22. The van der Waals surface area contributed by atoms with Crippen LogP contribution in [0.5, 0.6) is 0 Å². The lowest BCUT2D eigenvalue weighted by molar-refractivity contribution is 0.423. The van der Waals surface area contributed by atoms with Crippen LogP contribution in [-0.4, -0.2) is 13.5 Å². The van der Waals surface area contributed by atoms with Gasteiger partial charge in [0.15, 0.2) is 6.40 Å². The Labute approximate surface area is 76.2 Å². The Bertz CT molecular complexity index is 197. The van der Waals surface area contributed by atoms with Crippen molar-refractivity contribution in [2.45, 2.75) is 6.92 Å². The topological polar surface area (TPSA) is 21.6 Å². The summed E-state index contributed by atoms with van der Waals surface area (Å²) in [5, 5.41) is 0.494. The molecule has 0 unspecified atom stereocenters. The summed E-state index contributed by atoms with van der Waals surface area (Å²) in [5.74, 6) is 0. The molecule has 2 nitrogen and oxygen atoms in total. The van der Waals surface area contributed by atoms with Crippen LogP contribution < -0.4 is 0 Å². The second-order valence-corrected chi connectivity index (χ2v) is 2.38. The first-order valence-electron chi connectivity index (χ1n) is 2.89. The largest absolute Gasteiger partial charge is 0.486 e. The Hall–Kier alpha value is -0.470. The number of ether oxygens (including phenoxy) is 1. The zero-order valence-electron chi connectivity index (χ0n) is 6.34. The second kappa shape index (κ2) is 6.25. The quantitative estimate of drug-likeness (QED) is 0.384. The van der Waals surface area contributed by atoms with Crippen molar-refractivity contribution in [1.29, 1.82) is 0 Å². The highest BCUT2D eigenvalue weighted by Gasteiger charge is 1.91. The van der Waals surface area contributed by atoms with Crippen LogP contribution in [0.3, 0.4) is 0 Å². The molecule has 0 aromatic rings. The SMILES string of the molecule is CO/C=N/C=C(Cl)\C(C)=C\Cl. The van der Waals surface area contributed by atoms with E-state index in [0.717, 1.165) is 5.57 Å². The van der Waals surface area contributed by atoms with Gasteiger partial charge in [-0.1, -0.05) is 23.2 Å². The second-order valence-electron chi connectivity index (χ2n) is 1.76. The van der Waals surface area contributed by atoms with Gasteiger partial charge in [-0.3, -0.25) is 0 Å².